The first-order valence-corrected chi connectivity index (χ1v) is 12.1. The van der Waals surface area contributed by atoms with Crippen LogP contribution in [0.3, 0.4) is 0 Å². The lowest BCUT2D eigenvalue weighted by molar-refractivity contribution is -0.144. The molecule has 0 bridgehead atoms. The average Bonchev–Trinajstić information content (AvgIpc) is 2.91. The van der Waals surface area contributed by atoms with Crippen LogP contribution in [0.5, 0.6) is 0 Å². The van der Waals surface area contributed by atoms with E-state index in [0.717, 1.165) is 55.8 Å². The zero-order valence-electron chi connectivity index (χ0n) is 19.2. The number of aliphatic carboxylic acids is 1. The van der Waals surface area contributed by atoms with Crippen LogP contribution in [0.1, 0.15) is 73.4 Å². The van der Waals surface area contributed by atoms with Gasteiger partial charge >= 0.3 is 5.97 Å². The summed E-state index contributed by atoms with van der Waals surface area (Å²) in [6.45, 7) is 6.01. The number of benzene rings is 1. The summed E-state index contributed by atoms with van der Waals surface area (Å²) in [5.41, 5.74) is 2.49. The maximum Gasteiger partial charge on any atom is 0.304 e. The SMILES string of the molecule is CCCCN1Cc2ccc(C(=O)NCCCC3CCNCC3)cc2CC(CC(=O)O)C1=O. The molecule has 0 radical (unpaired) electrons. The highest BCUT2D eigenvalue weighted by Gasteiger charge is 2.31. The Kier molecular flexibility index (Phi) is 9.09. The Labute approximate surface area is 190 Å². The number of amides is 2. The van der Waals surface area contributed by atoms with Gasteiger partial charge in [-0.1, -0.05) is 19.4 Å². The van der Waals surface area contributed by atoms with Crippen molar-refractivity contribution in [3.05, 3.63) is 34.9 Å². The number of carboxylic acid groups (broad SMARTS) is 1. The second kappa shape index (κ2) is 12.0. The van der Waals surface area contributed by atoms with Gasteiger partial charge in [0, 0.05) is 25.2 Å². The van der Waals surface area contributed by atoms with Crippen molar-refractivity contribution >= 4 is 17.8 Å². The van der Waals surface area contributed by atoms with Crippen LogP contribution < -0.4 is 10.6 Å². The molecule has 2 heterocycles. The first kappa shape index (κ1) is 24.2. The van der Waals surface area contributed by atoms with E-state index in [9.17, 15) is 19.5 Å². The van der Waals surface area contributed by atoms with Crippen molar-refractivity contribution in [3.8, 4) is 0 Å². The summed E-state index contributed by atoms with van der Waals surface area (Å²) in [6, 6.07) is 5.60. The van der Waals surface area contributed by atoms with Gasteiger partial charge in [0.2, 0.25) is 5.91 Å². The topological polar surface area (TPSA) is 98.7 Å². The summed E-state index contributed by atoms with van der Waals surface area (Å²) in [5.74, 6) is -1.01. The van der Waals surface area contributed by atoms with Crippen LogP contribution in [-0.2, 0) is 22.6 Å². The van der Waals surface area contributed by atoms with Crippen molar-refractivity contribution in [2.45, 2.75) is 64.8 Å². The number of hydrogen-bond donors (Lipinski definition) is 3. The van der Waals surface area contributed by atoms with Crippen LogP contribution in [0.4, 0.5) is 0 Å². The monoisotopic (exact) mass is 443 g/mol. The Morgan fingerprint density at radius 3 is 2.69 bits per heavy atom. The molecule has 1 aromatic carbocycles. The molecule has 2 aliphatic rings. The van der Waals surface area contributed by atoms with E-state index >= 15 is 0 Å². The molecule has 32 heavy (non-hydrogen) atoms. The fraction of sp³-hybridized carbons (Fsp3) is 0.640. The molecule has 1 atom stereocenters. The van der Waals surface area contributed by atoms with Crippen LogP contribution >= 0.6 is 0 Å². The zero-order valence-corrected chi connectivity index (χ0v) is 19.2. The van der Waals surface area contributed by atoms with Crippen molar-refractivity contribution in [3.63, 3.8) is 0 Å². The number of unbranched alkanes of at least 4 members (excludes halogenated alkanes) is 1. The Bertz CT molecular complexity index is 804. The van der Waals surface area contributed by atoms with E-state index in [1.807, 2.05) is 18.2 Å². The molecule has 176 valence electrons. The number of nitrogens with one attached hydrogen (secondary N) is 2. The maximum atomic E-state index is 13.0. The van der Waals surface area contributed by atoms with Crippen molar-refractivity contribution in [2.75, 3.05) is 26.2 Å². The molecule has 0 saturated carbocycles. The van der Waals surface area contributed by atoms with E-state index < -0.39 is 11.9 Å². The van der Waals surface area contributed by atoms with E-state index in [1.54, 1.807) is 4.90 Å². The van der Waals surface area contributed by atoms with Crippen LogP contribution in [0, 0.1) is 11.8 Å². The lowest BCUT2D eigenvalue weighted by Crippen LogP contribution is -2.36. The van der Waals surface area contributed by atoms with Gasteiger partial charge in [0.25, 0.3) is 5.91 Å². The average molecular weight is 444 g/mol. The van der Waals surface area contributed by atoms with Crippen LogP contribution in [0.2, 0.25) is 0 Å². The molecule has 0 aliphatic carbocycles. The summed E-state index contributed by atoms with van der Waals surface area (Å²) < 4.78 is 0. The molecular weight excluding hydrogens is 406 g/mol. The van der Waals surface area contributed by atoms with Gasteiger partial charge in [-0.25, -0.2) is 0 Å². The number of carboxylic acids is 1. The summed E-state index contributed by atoms with van der Waals surface area (Å²) >= 11 is 0. The highest BCUT2D eigenvalue weighted by atomic mass is 16.4. The van der Waals surface area contributed by atoms with Gasteiger partial charge in [0.05, 0.1) is 12.3 Å². The van der Waals surface area contributed by atoms with Gasteiger partial charge in [0.15, 0.2) is 0 Å². The third-order valence-electron chi connectivity index (χ3n) is 6.69. The molecule has 1 fully saturated rings. The molecule has 1 unspecified atom stereocenters. The van der Waals surface area contributed by atoms with Crippen molar-refractivity contribution in [1.29, 1.82) is 0 Å². The second-order valence-electron chi connectivity index (χ2n) is 9.19. The summed E-state index contributed by atoms with van der Waals surface area (Å²) in [4.78, 5) is 38.8. The molecule has 0 aromatic heterocycles. The van der Waals surface area contributed by atoms with E-state index in [4.69, 9.17) is 0 Å². The number of carbonyl (C=O) groups excluding carboxylic acids is 2. The summed E-state index contributed by atoms with van der Waals surface area (Å²) in [6.07, 6.45) is 6.57. The number of carbonyl (C=O) groups is 3. The molecular formula is C25H37N3O4. The molecule has 7 nitrogen and oxygen atoms in total. The van der Waals surface area contributed by atoms with Crippen molar-refractivity contribution < 1.29 is 19.5 Å². The Hall–Kier alpha value is -2.41. The maximum absolute atomic E-state index is 13.0. The smallest absolute Gasteiger partial charge is 0.304 e. The third kappa shape index (κ3) is 6.79. The molecule has 2 aliphatic heterocycles. The van der Waals surface area contributed by atoms with Gasteiger partial charge < -0.3 is 20.6 Å². The molecule has 3 N–H and O–H groups in total. The fourth-order valence-corrected chi connectivity index (χ4v) is 4.78. The quantitative estimate of drug-likeness (QED) is 0.483. The standard InChI is InChI=1S/C25H37N3O4/c1-2-3-13-28-17-20-7-6-19(14-21(20)15-22(25(28)32)16-23(29)30)24(31)27-10-4-5-18-8-11-26-12-9-18/h6-7,14,18,22,26H,2-5,8-13,15-17H2,1H3,(H,27,31)(H,29,30). The lowest BCUT2D eigenvalue weighted by atomic mass is 9.92. The molecule has 3 rings (SSSR count). The van der Waals surface area contributed by atoms with E-state index in [2.05, 4.69) is 17.6 Å². The minimum atomic E-state index is -0.968. The minimum Gasteiger partial charge on any atom is -0.481 e. The fourth-order valence-electron chi connectivity index (χ4n) is 4.78. The highest BCUT2D eigenvalue weighted by Crippen LogP contribution is 2.26. The molecule has 1 aromatic rings. The minimum absolute atomic E-state index is 0.0963. The number of fused-ring (bicyclic) bond motifs is 1. The van der Waals surface area contributed by atoms with Crippen molar-refractivity contribution in [1.82, 2.24) is 15.5 Å². The van der Waals surface area contributed by atoms with Crippen LogP contribution in [0.15, 0.2) is 18.2 Å². The largest absolute Gasteiger partial charge is 0.481 e. The number of hydrogen-bond acceptors (Lipinski definition) is 4. The third-order valence-corrected chi connectivity index (χ3v) is 6.69. The van der Waals surface area contributed by atoms with Crippen molar-refractivity contribution in [2.24, 2.45) is 11.8 Å². The Morgan fingerprint density at radius 2 is 1.97 bits per heavy atom. The predicted octanol–water partition coefficient (Wildman–Crippen LogP) is 2.97. The summed E-state index contributed by atoms with van der Waals surface area (Å²) in [7, 11) is 0. The van der Waals surface area contributed by atoms with E-state index in [0.29, 0.717) is 31.6 Å². The van der Waals surface area contributed by atoms with E-state index in [1.165, 1.54) is 12.8 Å². The van der Waals surface area contributed by atoms with Gasteiger partial charge in [-0.3, -0.25) is 14.4 Å². The molecule has 1 saturated heterocycles. The zero-order chi connectivity index (χ0) is 22.9. The van der Waals surface area contributed by atoms with Crippen LogP contribution in [0.25, 0.3) is 0 Å². The predicted molar refractivity (Wildman–Crippen MR) is 123 cm³/mol. The van der Waals surface area contributed by atoms with Gasteiger partial charge in [-0.05, 0) is 80.8 Å². The Balaban J connectivity index is 1.63. The highest BCUT2D eigenvalue weighted by molar-refractivity contribution is 5.94. The van der Waals surface area contributed by atoms with Gasteiger partial charge in [-0.15, -0.1) is 0 Å². The molecule has 7 heteroatoms. The first-order valence-electron chi connectivity index (χ1n) is 12.1. The van der Waals surface area contributed by atoms with Gasteiger partial charge in [-0.2, -0.15) is 0 Å². The normalized spacial score (nSPS) is 19.3. The van der Waals surface area contributed by atoms with Crippen LogP contribution in [-0.4, -0.2) is 54.0 Å². The van der Waals surface area contributed by atoms with E-state index in [-0.39, 0.29) is 18.2 Å². The second-order valence-corrected chi connectivity index (χ2v) is 9.19. The Morgan fingerprint density at radius 1 is 1.19 bits per heavy atom. The number of piperidine rings is 1. The summed E-state index contributed by atoms with van der Waals surface area (Å²) in [5, 5.41) is 15.7. The number of rotatable bonds is 10. The molecule has 2 amide bonds. The first-order chi connectivity index (χ1) is 15.5. The van der Waals surface area contributed by atoms with Gasteiger partial charge in [0.1, 0.15) is 0 Å². The lowest BCUT2D eigenvalue weighted by Gasteiger charge is -2.23. The molecule has 0 spiro atoms. The number of nitrogens with zero attached hydrogens (tertiary/aromatic N) is 1.